The topological polar surface area (TPSA) is 96.4 Å². The van der Waals surface area contributed by atoms with Crippen molar-refractivity contribution in [3.63, 3.8) is 0 Å². The van der Waals surface area contributed by atoms with Gasteiger partial charge in [0, 0.05) is 53.8 Å². The summed E-state index contributed by atoms with van der Waals surface area (Å²) in [5.41, 5.74) is 3.52. The number of halogens is 1. The summed E-state index contributed by atoms with van der Waals surface area (Å²) in [5.74, 6) is 0.268. The van der Waals surface area contributed by atoms with Gasteiger partial charge in [0.1, 0.15) is 16.4 Å². The van der Waals surface area contributed by atoms with Gasteiger partial charge in [-0.3, -0.25) is 4.79 Å². The van der Waals surface area contributed by atoms with Crippen molar-refractivity contribution in [3.05, 3.63) is 64.5 Å². The van der Waals surface area contributed by atoms with E-state index in [9.17, 15) is 14.3 Å². The van der Waals surface area contributed by atoms with Crippen LogP contribution in [0.2, 0.25) is 0 Å². The number of nitrogens with one attached hydrogen (secondary N) is 2. The molecule has 3 N–H and O–H groups in total. The lowest BCUT2D eigenvalue weighted by molar-refractivity contribution is -0.129. The molecular weight excluding hydrogens is 563 g/mol. The van der Waals surface area contributed by atoms with Crippen molar-refractivity contribution in [1.82, 2.24) is 20.6 Å². The molecule has 1 amide bonds. The Kier molecular flexibility index (Phi) is 8.59. The molecule has 3 heterocycles. The lowest BCUT2D eigenvalue weighted by Gasteiger charge is -2.47. The molecule has 2 aliphatic carbocycles. The second-order valence-corrected chi connectivity index (χ2v) is 14.9. The summed E-state index contributed by atoms with van der Waals surface area (Å²) in [6.07, 6.45) is 10.7. The first-order valence-electron chi connectivity index (χ1n) is 15.6. The molecule has 3 aliphatic rings. The first-order valence-corrected chi connectivity index (χ1v) is 16.5. The monoisotopic (exact) mass is 606 g/mol. The Morgan fingerprint density at radius 3 is 2.63 bits per heavy atom. The van der Waals surface area contributed by atoms with E-state index in [4.69, 9.17) is 9.72 Å². The minimum atomic E-state index is -0.884. The normalized spacial score (nSPS) is 20.8. The molecule has 3 atom stereocenters. The van der Waals surface area contributed by atoms with Crippen LogP contribution in [0.1, 0.15) is 88.4 Å². The van der Waals surface area contributed by atoms with Gasteiger partial charge in [0.25, 0.3) is 0 Å². The molecule has 3 aromatic rings. The Balaban J connectivity index is 1.21. The number of benzene rings is 1. The number of aromatic nitrogens is 2. The molecule has 1 aliphatic heterocycles. The van der Waals surface area contributed by atoms with Crippen molar-refractivity contribution in [3.8, 4) is 16.5 Å². The molecular formula is C34H43FN4O3S. The van der Waals surface area contributed by atoms with Crippen LogP contribution in [-0.2, 0) is 17.6 Å². The molecule has 0 bridgehead atoms. The second-order valence-electron chi connectivity index (χ2n) is 14.0. The highest BCUT2D eigenvalue weighted by molar-refractivity contribution is 7.13. The van der Waals surface area contributed by atoms with E-state index in [1.54, 1.807) is 6.20 Å². The van der Waals surface area contributed by atoms with Crippen LogP contribution in [0.25, 0.3) is 10.6 Å². The number of carbonyl (C=O) groups excluding carboxylic acids is 1. The van der Waals surface area contributed by atoms with Gasteiger partial charge in [0.15, 0.2) is 0 Å². The van der Waals surface area contributed by atoms with E-state index < -0.39 is 12.1 Å². The quantitative estimate of drug-likeness (QED) is 0.256. The van der Waals surface area contributed by atoms with Gasteiger partial charge >= 0.3 is 0 Å². The number of hydrogen-bond donors (Lipinski definition) is 3. The zero-order valence-electron chi connectivity index (χ0n) is 25.4. The van der Waals surface area contributed by atoms with Crippen LogP contribution in [0.5, 0.6) is 5.88 Å². The summed E-state index contributed by atoms with van der Waals surface area (Å²) >= 11 is 1.45. The Labute approximate surface area is 257 Å². The summed E-state index contributed by atoms with van der Waals surface area (Å²) < 4.78 is 21.1. The van der Waals surface area contributed by atoms with Gasteiger partial charge in [-0.2, -0.15) is 0 Å². The molecule has 2 saturated carbocycles. The number of thiazole rings is 1. The number of fused-ring (bicyclic) bond motifs is 1. The summed E-state index contributed by atoms with van der Waals surface area (Å²) in [6.45, 7) is 6.92. The van der Waals surface area contributed by atoms with Crippen LogP contribution < -0.4 is 15.4 Å². The number of rotatable bonds is 10. The van der Waals surface area contributed by atoms with Gasteiger partial charge in [-0.15, -0.1) is 11.3 Å². The van der Waals surface area contributed by atoms with Gasteiger partial charge in [0.05, 0.1) is 12.1 Å². The highest BCUT2D eigenvalue weighted by atomic mass is 32.1. The van der Waals surface area contributed by atoms with Crippen LogP contribution in [0.3, 0.4) is 0 Å². The molecule has 0 radical (unpaired) electrons. The van der Waals surface area contributed by atoms with Crippen LogP contribution in [-0.4, -0.2) is 45.3 Å². The first-order chi connectivity index (χ1) is 20.6. The van der Waals surface area contributed by atoms with E-state index in [1.807, 2.05) is 17.6 Å². The minimum Gasteiger partial charge on any atom is -0.471 e. The molecule has 9 heteroatoms. The smallest absolute Gasteiger partial charge is 0.223 e. The van der Waals surface area contributed by atoms with E-state index in [1.165, 1.54) is 29.0 Å². The molecule has 6 rings (SSSR count). The van der Waals surface area contributed by atoms with Crippen molar-refractivity contribution in [2.45, 2.75) is 102 Å². The maximum Gasteiger partial charge on any atom is 0.223 e. The molecule has 2 fully saturated rings. The van der Waals surface area contributed by atoms with Crippen molar-refractivity contribution in [1.29, 1.82) is 0 Å². The summed E-state index contributed by atoms with van der Waals surface area (Å²) in [6, 6.07) is 6.46. The van der Waals surface area contributed by atoms with Crippen molar-refractivity contribution < 1.29 is 19.0 Å². The van der Waals surface area contributed by atoms with E-state index >= 15 is 0 Å². The molecule has 7 nitrogen and oxygen atoms in total. The maximum atomic E-state index is 14.7. The van der Waals surface area contributed by atoms with E-state index in [0.717, 1.165) is 61.9 Å². The lowest BCUT2D eigenvalue weighted by atomic mass is 9.73. The van der Waals surface area contributed by atoms with Crippen LogP contribution >= 0.6 is 11.3 Å². The van der Waals surface area contributed by atoms with E-state index in [-0.39, 0.29) is 41.2 Å². The van der Waals surface area contributed by atoms with E-state index in [0.29, 0.717) is 23.4 Å². The molecule has 1 spiro atoms. The third kappa shape index (κ3) is 7.10. The fraction of sp³-hybridized carbons (Fsp3) is 0.559. The highest BCUT2D eigenvalue weighted by Gasteiger charge is 2.46. The summed E-state index contributed by atoms with van der Waals surface area (Å²) in [4.78, 5) is 22.1. The van der Waals surface area contributed by atoms with Crippen molar-refractivity contribution in [2.24, 2.45) is 11.3 Å². The number of pyridine rings is 1. The lowest BCUT2D eigenvalue weighted by Crippen LogP contribution is -2.53. The SMILES string of the molecule is CC(C)(C)Cc1cnc2c(c1)[C@@H](NC[C@@H](O)[C@H](Cc1cc(F)cc(-c3nccs3)c1)NC(=O)C1CCC1)CC1(CCC1)O2. The molecule has 1 aromatic carbocycles. The van der Waals surface area contributed by atoms with Crippen LogP contribution in [0.4, 0.5) is 4.39 Å². The number of nitrogens with zero attached hydrogens (tertiary/aromatic N) is 2. The Morgan fingerprint density at radius 1 is 1.16 bits per heavy atom. The van der Waals surface area contributed by atoms with Crippen LogP contribution in [0.15, 0.2) is 42.0 Å². The third-order valence-corrected chi connectivity index (χ3v) is 9.96. The van der Waals surface area contributed by atoms with Crippen LogP contribution in [0, 0.1) is 17.2 Å². The highest BCUT2D eigenvalue weighted by Crippen LogP contribution is 2.48. The largest absolute Gasteiger partial charge is 0.471 e. The number of hydrogen-bond acceptors (Lipinski definition) is 7. The maximum absolute atomic E-state index is 14.7. The molecule has 230 valence electrons. The summed E-state index contributed by atoms with van der Waals surface area (Å²) in [7, 11) is 0. The third-order valence-electron chi connectivity index (χ3n) is 9.13. The number of carbonyl (C=O) groups is 1. The van der Waals surface area contributed by atoms with Gasteiger partial charge in [-0.25, -0.2) is 14.4 Å². The predicted molar refractivity (Wildman–Crippen MR) is 166 cm³/mol. The second kappa shape index (κ2) is 12.3. The average Bonchev–Trinajstić information content (AvgIpc) is 3.43. The van der Waals surface area contributed by atoms with Gasteiger partial charge in [-0.1, -0.05) is 27.2 Å². The average molecular weight is 607 g/mol. The molecule has 0 saturated heterocycles. The Hall–Kier alpha value is -2.88. The first kappa shape index (κ1) is 30.2. The zero-order chi connectivity index (χ0) is 30.2. The predicted octanol–water partition coefficient (Wildman–Crippen LogP) is 6.16. The fourth-order valence-corrected chi connectivity index (χ4v) is 7.14. The van der Waals surface area contributed by atoms with Gasteiger partial charge in [-0.05, 0) is 85.8 Å². The molecule has 2 aromatic heterocycles. The van der Waals surface area contributed by atoms with Gasteiger partial charge < -0.3 is 20.5 Å². The molecule has 43 heavy (non-hydrogen) atoms. The Morgan fingerprint density at radius 2 is 1.98 bits per heavy atom. The summed E-state index contributed by atoms with van der Waals surface area (Å²) in [5, 5.41) is 20.9. The van der Waals surface area contributed by atoms with Crippen molar-refractivity contribution >= 4 is 17.2 Å². The van der Waals surface area contributed by atoms with Crippen molar-refractivity contribution in [2.75, 3.05) is 6.54 Å². The van der Waals surface area contributed by atoms with Gasteiger partial charge in [0.2, 0.25) is 11.8 Å². The fourth-order valence-electron chi connectivity index (χ4n) is 6.52. The standard InChI is InChI=1S/C34H43FN4O3S/c1-33(2,3)17-22-14-26-28(18-34(8-5-9-34)42-31(26)38-19-22)37-20-29(40)27(39-30(41)23-6-4-7-23)15-21-12-24(16-25(35)13-21)32-36-10-11-43-32/h10-14,16,19,23,27-29,37,40H,4-9,15,17-18,20H2,1-3H3,(H,39,41)/t27-,28-,29+/m0/s1. The Bertz CT molecular complexity index is 1430. The number of aliphatic hydroxyl groups is 1. The number of amides is 1. The minimum absolute atomic E-state index is 0.0193. The number of ether oxygens (including phenoxy) is 1. The number of aliphatic hydroxyl groups excluding tert-OH is 1. The molecule has 0 unspecified atom stereocenters. The van der Waals surface area contributed by atoms with E-state index in [2.05, 4.69) is 42.5 Å². The zero-order valence-corrected chi connectivity index (χ0v) is 26.2.